The lowest BCUT2D eigenvalue weighted by Crippen LogP contribution is -1.93. The average Bonchev–Trinajstić information content (AvgIpc) is 3.04. The fourth-order valence-electron chi connectivity index (χ4n) is 3.52. The van der Waals surface area contributed by atoms with Crippen molar-refractivity contribution in [1.82, 2.24) is 4.57 Å². The van der Waals surface area contributed by atoms with E-state index in [2.05, 4.69) is 33.9 Å². The van der Waals surface area contributed by atoms with Crippen molar-refractivity contribution >= 4 is 44.6 Å². The Balaban J connectivity index is 1.79. The van der Waals surface area contributed by atoms with Crippen molar-refractivity contribution in [1.29, 1.82) is 0 Å². The Bertz CT molecular complexity index is 1280. The number of nitro benzene ring substituents is 1. The van der Waals surface area contributed by atoms with Crippen LogP contribution in [0, 0.1) is 10.1 Å². The summed E-state index contributed by atoms with van der Waals surface area (Å²) >= 11 is 0. The summed E-state index contributed by atoms with van der Waals surface area (Å²) in [5, 5.41) is 21.7. The van der Waals surface area contributed by atoms with Crippen molar-refractivity contribution in [2.75, 3.05) is 12.8 Å². The topological polar surface area (TPSA) is 108 Å². The van der Waals surface area contributed by atoms with Gasteiger partial charge in [-0.2, -0.15) is 5.11 Å². The summed E-state index contributed by atoms with van der Waals surface area (Å²) in [6.07, 6.45) is 0. The highest BCUT2D eigenvalue weighted by Gasteiger charge is 2.15. The molecule has 146 valence electrons. The van der Waals surface area contributed by atoms with Gasteiger partial charge in [0.25, 0.3) is 0 Å². The largest absolute Gasteiger partial charge is 0.490 e. The molecule has 0 unspecified atom stereocenters. The number of nitrogen functional groups attached to an aromatic ring is 1. The molecular weight excluding hydrogens is 370 g/mol. The van der Waals surface area contributed by atoms with Crippen molar-refractivity contribution in [3.05, 3.63) is 64.7 Å². The maximum Gasteiger partial charge on any atom is 0.311 e. The van der Waals surface area contributed by atoms with Crippen molar-refractivity contribution in [2.45, 2.75) is 13.5 Å². The van der Waals surface area contributed by atoms with E-state index in [-0.39, 0.29) is 11.4 Å². The molecule has 8 heteroatoms. The van der Waals surface area contributed by atoms with E-state index in [0.717, 1.165) is 28.4 Å². The third kappa shape index (κ3) is 3.14. The van der Waals surface area contributed by atoms with Crippen LogP contribution in [0.3, 0.4) is 0 Å². The number of nitrogens with zero attached hydrogens (tertiary/aromatic N) is 4. The number of azo groups is 1. The first kappa shape index (κ1) is 18.4. The first-order chi connectivity index (χ1) is 14.0. The highest BCUT2D eigenvalue weighted by Crippen LogP contribution is 2.37. The summed E-state index contributed by atoms with van der Waals surface area (Å²) in [6.45, 7) is 2.90. The van der Waals surface area contributed by atoms with E-state index in [1.807, 2.05) is 24.3 Å². The van der Waals surface area contributed by atoms with Crippen LogP contribution in [-0.2, 0) is 6.54 Å². The van der Waals surface area contributed by atoms with Crippen LogP contribution in [-0.4, -0.2) is 16.6 Å². The van der Waals surface area contributed by atoms with Gasteiger partial charge in [-0.25, -0.2) is 0 Å². The summed E-state index contributed by atoms with van der Waals surface area (Å²) in [5.74, 6) is 0.126. The summed E-state index contributed by atoms with van der Waals surface area (Å²) < 4.78 is 7.28. The quantitative estimate of drug-likeness (QED) is 0.203. The second-order valence-electron chi connectivity index (χ2n) is 6.50. The summed E-state index contributed by atoms with van der Waals surface area (Å²) in [7, 11) is 1.37. The van der Waals surface area contributed by atoms with Gasteiger partial charge in [-0.1, -0.05) is 18.2 Å². The molecule has 8 nitrogen and oxygen atoms in total. The zero-order chi connectivity index (χ0) is 20.5. The minimum absolute atomic E-state index is 0.125. The Kier molecular flexibility index (Phi) is 4.59. The summed E-state index contributed by atoms with van der Waals surface area (Å²) in [4.78, 5) is 10.5. The van der Waals surface area contributed by atoms with E-state index in [1.165, 1.54) is 25.3 Å². The lowest BCUT2D eigenvalue weighted by Gasteiger charge is -2.05. The van der Waals surface area contributed by atoms with Crippen LogP contribution < -0.4 is 10.5 Å². The number of ether oxygens (including phenoxy) is 1. The lowest BCUT2D eigenvalue weighted by atomic mass is 10.1. The van der Waals surface area contributed by atoms with Gasteiger partial charge in [-0.3, -0.25) is 10.1 Å². The number of anilines is 1. The first-order valence-electron chi connectivity index (χ1n) is 9.08. The number of hydrogen-bond donors (Lipinski definition) is 1. The number of nitrogens with two attached hydrogens (primary N) is 1. The van der Waals surface area contributed by atoms with Gasteiger partial charge in [0.2, 0.25) is 0 Å². The predicted molar refractivity (Wildman–Crippen MR) is 113 cm³/mol. The molecule has 29 heavy (non-hydrogen) atoms. The van der Waals surface area contributed by atoms with Crippen molar-refractivity contribution < 1.29 is 9.66 Å². The smallest absolute Gasteiger partial charge is 0.311 e. The molecule has 0 bridgehead atoms. The third-order valence-corrected chi connectivity index (χ3v) is 4.87. The number of rotatable bonds is 5. The minimum Gasteiger partial charge on any atom is -0.490 e. The van der Waals surface area contributed by atoms with Gasteiger partial charge in [-0.15, -0.1) is 5.11 Å². The Morgan fingerprint density at radius 1 is 1.07 bits per heavy atom. The molecular formula is C21H19N5O3. The van der Waals surface area contributed by atoms with E-state index in [4.69, 9.17) is 10.5 Å². The average molecular weight is 389 g/mol. The number of hydrogen-bond acceptors (Lipinski definition) is 6. The van der Waals surface area contributed by atoms with E-state index in [1.54, 1.807) is 0 Å². The Morgan fingerprint density at radius 2 is 1.86 bits per heavy atom. The Hall–Kier alpha value is -3.94. The fourth-order valence-corrected chi connectivity index (χ4v) is 3.52. The molecule has 0 saturated heterocycles. The van der Waals surface area contributed by atoms with Gasteiger partial charge in [0, 0.05) is 35.0 Å². The second kappa shape index (κ2) is 7.23. The van der Waals surface area contributed by atoms with Gasteiger partial charge in [0.05, 0.1) is 28.9 Å². The van der Waals surface area contributed by atoms with E-state index >= 15 is 0 Å². The molecule has 0 aliphatic carbocycles. The van der Waals surface area contributed by atoms with Crippen LogP contribution in [0.15, 0.2) is 64.8 Å². The summed E-state index contributed by atoms with van der Waals surface area (Å²) in [5.41, 5.74) is 9.75. The molecule has 3 aromatic carbocycles. The number of methoxy groups -OCH3 is 1. The standard InChI is InChI=1S/C21H19N5O3/c1-3-25-18-7-5-4-6-14(18)15-11-16(22)17(12-20(15)25)24-23-13-8-9-19(26(27)28)21(10-13)29-2/h4-12H,3,22H2,1-2H3. The zero-order valence-corrected chi connectivity index (χ0v) is 16.0. The third-order valence-electron chi connectivity index (χ3n) is 4.87. The van der Waals surface area contributed by atoms with Gasteiger partial charge in [-0.05, 0) is 31.2 Å². The first-order valence-corrected chi connectivity index (χ1v) is 9.08. The number of nitro groups is 1. The van der Waals surface area contributed by atoms with Crippen LogP contribution in [0.4, 0.5) is 22.7 Å². The van der Waals surface area contributed by atoms with Gasteiger partial charge >= 0.3 is 5.69 Å². The van der Waals surface area contributed by atoms with Gasteiger partial charge in [0.1, 0.15) is 5.69 Å². The normalized spacial score (nSPS) is 11.5. The molecule has 0 aliphatic rings. The number of aromatic nitrogens is 1. The molecule has 0 aliphatic heterocycles. The Morgan fingerprint density at radius 3 is 2.59 bits per heavy atom. The van der Waals surface area contributed by atoms with Crippen LogP contribution in [0.2, 0.25) is 0 Å². The number of fused-ring (bicyclic) bond motifs is 3. The molecule has 0 amide bonds. The van der Waals surface area contributed by atoms with E-state index < -0.39 is 4.92 Å². The second-order valence-corrected chi connectivity index (χ2v) is 6.50. The van der Waals surface area contributed by atoms with Gasteiger partial charge < -0.3 is 15.0 Å². The Labute approximate surface area is 166 Å². The lowest BCUT2D eigenvalue weighted by molar-refractivity contribution is -0.385. The van der Waals surface area contributed by atoms with Crippen LogP contribution in [0.5, 0.6) is 5.75 Å². The van der Waals surface area contributed by atoms with Crippen LogP contribution in [0.25, 0.3) is 21.8 Å². The van der Waals surface area contributed by atoms with Crippen LogP contribution >= 0.6 is 0 Å². The molecule has 1 aromatic heterocycles. The minimum atomic E-state index is -0.505. The molecule has 0 spiro atoms. The van der Waals surface area contributed by atoms with Crippen LogP contribution in [0.1, 0.15) is 6.92 Å². The zero-order valence-electron chi connectivity index (χ0n) is 16.0. The summed E-state index contributed by atoms with van der Waals surface area (Å²) in [6, 6.07) is 16.3. The molecule has 0 saturated carbocycles. The monoisotopic (exact) mass is 389 g/mol. The predicted octanol–water partition coefficient (Wildman–Crippen LogP) is 5.73. The molecule has 0 fully saturated rings. The van der Waals surface area contributed by atoms with Crippen molar-refractivity contribution in [3.8, 4) is 5.75 Å². The molecule has 0 radical (unpaired) electrons. The van der Waals surface area contributed by atoms with Crippen molar-refractivity contribution in [3.63, 3.8) is 0 Å². The molecule has 1 heterocycles. The molecule has 0 atom stereocenters. The van der Waals surface area contributed by atoms with Gasteiger partial charge in [0.15, 0.2) is 5.75 Å². The SMILES string of the molecule is CCn1c2ccccc2c2cc(N)c(N=Nc3ccc([N+](=O)[O-])c(OC)c3)cc21. The van der Waals surface area contributed by atoms with Crippen molar-refractivity contribution in [2.24, 2.45) is 10.2 Å². The molecule has 4 rings (SSSR count). The number of para-hydroxylation sites is 1. The fraction of sp³-hybridized carbons (Fsp3) is 0.143. The maximum absolute atomic E-state index is 11.0. The molecule has 4 aromatic rings. The number of benzene rings is 3. The molecule has 2 N–H and O–H groups in total. The highest BCUT2D eigenvalue weighted by molar-refractivity contribution is 6.10. The number of aryl methyl sites for hydroxylation is 1. The van der Waals surface area contributed by atoms with E-state index in [9.17, 15) is 10.1 Å². The van der Waals surface area contributed by atoms with E-state index in [0.29, 0.717) is 17.1 Å². The maximum atomic E-state index is 11.0. The highest BCUT2D eigenvalue weighted by atomic mass is 16.6.